The average Bonchev–Trinajstić information content (AvgIpc) is 3.21. The molecule has 0 saturated heterocycles. The molecule has 1 N–H and O–H groups in total. The van der Waals surface area contributed by atoms with E-state index >= 15 is 0 Å². The first-order chi connectivity index (χ1) is 19.9. The van der Waals surface area contributed by atoms with Crippen LogP contribution in [-0.4, -0.2) is 106 Å². The number of hydrogen-bond acceptors (Lipinski definition) is 12. The highest BCUT2D eigenvalue weighted by Gasteiger charge is 2.34. The van der Waals surface area contributed by atoms with Gasteiger partial charge in [0.15, 0.2) is 0 Å². The third-order valence-electron chi connectivity index (χ3n) is 5.78. The molecule has 0 aromatic heterocycles. The molecule has 15 heteroatoms. The molecule has 3 rings (SSSR count). The van der Waals surface area contributed by atoms with Gasteiger partial charge in [-0.2, -0.15) is 0 Å². The van der Waals surface area contributed by atoms with Gasteiger partial charge < -0.3 is 29.0 Å². The van der Waals surface area contributed by atoms with Crippen LogP contribution in [0, 0.1) is 20.2 Å². The second-order valence-corrected chi connectivity index (χ2v) is 8.51. The van der Waals surface area contributed by atoms with E-state index < -0.39 is 9.85 Å². The van der Waals surface area contributed by atoms with E-state index in [1.165, 1.54) is 17.0 Å². The Hall–Kier alpha value is -4.02. The first-order valence-corrected chi connectivity index (χ1v) is 12.9. The minimum atomic E-state index is -0.690. The summed E-state index contributed by atoms with van der Waals surface area (Å²) in [6.07, 6.45) is 0. The van der Waals surface area contributed by atoms with Crippen LogP contribution in [0.2, 0.25) is 0 Å². The summed E-state index contributed by atoms with van der Waals surface area (Å²) in [7, 11) is 0. The fourth-order valence-electron chi connectivity index (χ4n) is 3.77. The number of benzene rings is 2. The minimum absolute atomic E-state index is 0.175. The molecule has 222 valence electrons. The summed E-state index contributed by atoms with van der Waals surface area (Å²) in [4.78, 5) is 46.2. The molecule has 2 aromatic carbocycles. The molecular weight excluding hydrogens is 544 g/mol. The molecule has 1 aliphatic heterocycles. The van der Waals surface area contributed by atoms with E-state index in [0.717, 1.165) is 6.07 Å². The van der Waals surface area contributed by atoms with Crippen LogP contribution in [0.1, 0.15) is 20.7 Å². The van der Waals surface area contributed by atoms with Gasteiger partial charge in [0.1, 0.15) is 5.69 Å². The van der Waals surface area contributed by atoms with Gasteiger partial charge in [0.2, 0.25) is 0 Å². The largest absolute Gasteiger partial charge is 0.377 e. The van der Waals surface area contributed by atoms with E-state index in [9.17, 15) is 29.8 Å². The lowest BCUT2D eigenvalue weighted by Crippen LogP contribution is -2.33. The Morgan fingerprint density at radius 2 is 1.15 bits per heavy atom. The van der Waals surface area contributed by atoms with Gasteiger partial charge in [0.25, 0.3) is 23.2 Å². The van der Waals surface area contributed by atoms with Crippen LogP contribution < -0.4 is 5.32 Å². The van der Waals surface area contributed by atoms with Crippen LogP contribution in [0.3, 0.4) is 0 Å². The molecule has 0 radical (unpaired) electrons. The van der Waals surface area contributed by atoms with Crippen molar-refractivity contribution in [2.24, 2.45) is 0 Å². The molecule has 0 aliphatic carbocycles. The molecule has 41 heavy (non-hydrogen) atoms. The van der Waals surface area contributed by atoms with Crippen LogP contribution in [0.4, 0.5) is 17.1 Å². The molecule has 2 amide bonds. The highest BCUT2D eigenvalue weighted by molar-refractivity contribution is 6.21. The molecule has 1 heterocycles. The first-order valence-electron chi connectivity index (χ1n) is 12.9. The minimum Gasteiger partial charge on any atom is -0.377 e. The number of nitro groups is 2. The van der Waals surface area contributed by atoms with Crippen LogP contribution in [-0.2, 0) is 23.7 Å². The van der Waals surface area contributed by atoms with E-state index in [-0.39, 0.29) is 55.2 Å². The van der Waals surface area contributed by atoms with E-state index in [4.69, 9.17) is 23.7 Å². The van der Waals surface area contributed by atoms with Crippen molar-refractivity contribution in [1.82, 2.24) is 4.90 Å². The number of ether oxygens (including phenoxy) is 5. The Balaban J connectivity index is 1.08. The number of rotatable bonds is 21. The number of imide groups is 1. The maximum atomic E-state index is 12.3. The average molecular weight is 577 g/mol. The van der Waals surface area contributed by atoms with E-state index in [2.05, 4.69) is 5.32 Å². The topological polar surface area (TPSA) is 182 Å². The van der Waals surface area contributed by atoms with E-state index in [0.29, 0.717) is 64.0 Å². The lowest BCUT2D eigenvalue weighted by atomic mass is 10.1. The quantitative estimate of drug-likeness (QED) is 0.0992. The first kappa shape index (κ1) is 31.5. The third kappa shape index (κ3) is 9.84. The zero-order valence-electron chi connectivity index (χ0n) is 22.4. The molecule has 0 fully saturated rings. The Kier molecular flexibility index (Phi) is 13.0. The predicted molar refractivity (Wildman–Crippen MR) is 144 cm³/mol. The number of non-ortho nitro benzene ring substituents is 1. The Labute approximate surface area is 235 Å². The summed E-state index contributed by atoms with van der Waals surface area (Å²) in [5.74, 6) is -0.605. The molecule has 0 bridgehead atoms. The number of fused-ring (bicyclic) bond motifs is 1. The molecule has 1 aliphatic rings. The van der Waals surface area contributed by atoms with Gasteiger partial charge in [-0.05, 0) is 18.2 Å². The summed E-state index contributed by atoms with van der Waals surface area (Å²) >= 11 is 0. The fourth-order valence-corrected chi connectivity index (χ4v) is 3.77. The van der Waals surface area contributed by atoms with Gasteiger partial charge in [-0.3, -0.25) is 34.7 Å². The van der Waals surface area contributed by atoms with Crippen molar-refractivity contribution in [3.05, 3.63) is 73.8 Å². The molecule has 15 nitrogen and oxygen atoms in total. The molecule has 0 atom stereocenters. The second-order valence-electron chi connectivity index (χ2n) is 8.51. The van der Waals surface area contributed by atoms with Crippen molar-refractivity contribution in [2.75, 3.05) is 84.5 Å². The van der Waals surface area contributed by atoms with Gasteiger partial charge in [-0.1, -0.05) is 12.1 Å². The van der Waals surface area contributed by atoms with Crippen molar-refractivity contribution >= 4 is 28.9 Å². The number of amides is 2. The van der Waals surface area contributed by atoms with Gasteiger partial charge in [0, 0.05) is 12.6 Å². The Morgan fingerprint density at radius 1 is 0.659 bits per heavy atom. The molecule has 0 spiro atoms. The third-order valence-corrected chi connectivity index (χ3v) is 5.78. The fraction of sp³-hybridized carbons (Fsp3) is 0.462. The van der Waals surface area contributed by atoms with Gasteiger partial charge in [-0.15, -0.1) is 0 Å². The monoisotopic (exact) mass is 576 g/mol. The zero-order chi connectivity index (χ0) is 29.5. The lowest BCUT2D eigenvalue weighted by Gasteiger charge is -2.13. The highest BCUT2D eigenvalue weighted by atomic mass is 16.6. The van der Waals surface area contributed by atoms with Gasteiger partial charge in [-0.25, -0.2) is 0 Å². The molecule has 0 saturated carbocycles. The summed E-state index contributed by atoms with van der Waals surface area (Å²) in [6, 6.07) is 10.1. The molecular formula is C26H32N4O11. The van der Waals surface area contributed by atoms with Crippen molar-refractivity contribution in [3.8, 4) is 0 Å². The van der Waals surface area contributed by atoms with Crippen molar-refractivity contribution < 1.29 is 43.1 Å². The van der Waals surface area contributed by atoms with E-state index in [1.54, 1.807) is 24.3 Å². The second kappa shape index (κ2) is 16.9. The summed E-state index contributed by atoms with van der Waals surface area (Å²) in [6.45, 7) is 3.81. The summed E-state index contributed by atoms with van der Waals surface area (Å²) < 4.78 is 27.1. The number of nitrogens with one attached hydrogen (secondary N) is 1. The maximum absolute atomic E-state index is 12.3. The van der Waals surface area contributed by atoms with Gasteiger partial charge >= 0.3 is 0 Å². The summed E-state index contributed by atoms with van der Waals surface area (Å²) in [5, 5.41) is 24.7. The number of nitrogens with zero attached hydrogens (tertiary/aromatic N) is 3. The van der Waals surface area contributed by atoms with Crippen molar-refractivity contribution in [2.45, 2.75) is 0 Å². The van der Waals surface area contributed by atoms with Crippen LogP contribution in [0.5, 0.6) is 0 Å². The van der Waals surface area contributed by atoms with Crippen LogP contribution >= 0.6 is 0 Å². The normalized spacial score (nSPS) is 12.5. The maximum Gasteiger partial charge on any atom is 0.299 e. The smallest absolute Gasteiger partial charge is 0.299 e. The Morgan fingerprint density at radius 3 is 1.63 bits per heavy atom. The van der Waals surface area contributed by atoms with E-state index in [1.807, 2.05) is 0 Å². The SMILES string of the molecule is O=C1c2ccccc2C(=O)N1CCOCCOCCOCCOCCOCCNc1ccc([N+](=O)[O-])cc1[N+](=O)[O-]. The standard InChI is InChI=1S/C26H32N4O11/c31-25-21-3-1-2-4-22(21)26(32)28(25)8-10-38-12-14-40-16-18-41-17-15-39-13-11-37-9-7-27-23-6-5-20(29(33)34)19-24(23)30(35)36/h1-6,19,27H,7-18H2. The predicted octanol–water partition coefficient (Wildman–Crippen LogP) is 2.29. The van der Waals surface area contributed by atoms with Crippen molar-refractivity contribution in [3.63, 3.8) is 0 Å². The number of anilines is 1. The number of hydrogen-bond donors (Lipinski definition) is 1. The number of nitro benzene ring substituents is 2. The lowest BCUT2D eigenvalue weighted by molar-refractivity contribution is -0.393. The Bertz CT molecular complexity index is 1160. The highest BCUT2D eigenvalue weighted by Crippen LogP contribution is 2.28. The number of carbonyl (C=O) groups excluding carboxylic acids is 2. The zero-order valence-corrected chi connectivity index (χ0v) is 22.4. The van der Waals surface area contributed by atoms with Crippen LogP contribution in [0.15, 0.2) is 42.5 Å². The molecule has 2 aromatic rings. The molecule has 0 unspecified atom stereocenters. The number of carbonyl (C=O) groups is 2. The van der Waals surface area contributed by atoms with Gasteiger partial charge in [0.05, 0.1) is 99.7 Å². The van der Waals surface area contributed by atoms with Crippen LogP contribution in [0.25, 0.3) is 0 Å². The van der Waals surface area contributed by atoms with Crippen molar-refractivity contribution in [1.29, 1.82) is 0 Å². The summed E-state index contributed by atoms with van der Waals surface area (Å²) in [5.41, 5.74) is 0.283.